The molecule has 0 aromatic carbocycles. The number of aliphatic hydroxyl groups is 1. The number of nitrogens with one attached hydrogen (secondary N) is 1. The van der Waals surface area contributed by atoms with Gasteiger partial charge in [-0.3, -0.25) is 9.59 Å². The van der Waals surface area contributed by atoms with E-state index in [1.807, 2.05) is 0 Å². The number of nitrogens with zero attached hydrogens (tertiary/aromatic N) is 1. The van der Waals surface area contributed by atoms with Crippen molar-refractivity contribution in [3.05, 3.63) is 12.7 Å². The fourth-order valence-corrected chi connectivity index (χ4v) is 3.13. The number of aliphatic hydroxyl groups excluding tert-OH is 1. The summed E-state index contributed by atoms with van der Waals surface area (Å²) < 4.78 is 10.3. The summed E-state index contributed by atoms with van der Waals surface area (Å²) >= 11 is 0. The van der Waals surface area contributed by atoms with Crippen LogP contribution in [0.5, 0.6) is 0 Å². The van der Waals surface area contributed by atoms with Crippen molar-refractivity contribution in [1.82, 2.24) is 10.2 Å². The van der Waals surface area contributed by atoms with Crippen molar-refractivity contribution in [2.24, 2.45) is 5.92 Å². The predicted octanol–water partition coefficient (Wildman–Crippen LogP) is 0.509. The lowest BCUT2D eigenvalue weighted by molar-refractivity contribution is -0.149. The SMILES string of the molecule is C=CC1CC1(NC(=O)CC(C)(C)OC(=O)N1CC(O)CC1=O)C(=O)OCC. The zero-order chi connectivity index (χ0) is 20.4. The molecule has 0 aromatic heterocycles. The largest absolute Gasteiger partial charge is 0.464 e. The maximum atomic E-state index is 12.4. The van der Waals surface area contributed by atoms with Crippen LogP contribution in [0.2, 0.25) is 0 Å². The average Bonchev–Trinajstić information content (AvgIpc) is 3.14. The Bertz CT molecular complexity index is 660. The number of hydrogen-bond donors (Lipinski definition) is 2. The summed E-state index contributed by atoms with van der Waals surface area (Å²) in [5.41, 5.74) is -2.34. The molecule has 0 bridgehead atoms. The first-order chi connectivity index (χ1) is 12.5. The van der Waals surface area contributed by atoms with E-state index in [1.165, 1.54) is 13.8 Å². The van der Waals surface area contributed by atoms with E-state index < -0.39 is 41.1 Å². The number of carbonyl (C=O) groups excluding carboxylic acids is 4. The summed E-state index contributed by atoms with van der Waals surface area (Å²) in [6, 6.07) is 0. The van der Waals surface area contributed by atoms with Gasteiger partial charge in [0.05, 0.1) is 32.1 Å². The van der Waals surface area contributed by atoms with Gasteiger partial charge in [-0.25, -0.2) is 14.5 Å². The van der Waals surface area contributed by atoms with Gasteiger partial charge in [-0.15, -0.1) is 6.58 Å². The fourth-order valence-electron chi connectivity index (χ4n) is 3.13. The van der Waals surface area contributed by atoms with Crippen molar-refractivity contribution >= 4 is 23.9 Å². The summed E-state index contributed by atoms with van der Waals surface area (Å²) in [4.78, 5) is 49.2. The molecule has 3 atom stereocenters. The summed E-state index contributed by atoms with van der Waals surface area (Å²) in [6.45, 7) is 8.44. The molecule has 0 aromatic rings. The lowest BCUT2D eigenvalue weighted by Gasteiger charge is -2.28. The van der Waals surface area contributed by atoms with Crippen molar-refractivity contribution < 1.29 is 33.8 Å². The summed E-state index contributed by atoms with van der Waals surface area (Å²) in [5.74, 6) is -1.75. The van der Waals surface area contributed by atoms with Crippen LogP contribution in [0.3, 0.4) is 0 Å². The van der Waals surface area contributed by atoms with E-state index in [2.05, 4.69) is 11.9 Å². The number of amides is 3. The molecule has 2 aliphatic rings. The molecule has 1 heterocycles. The van der Waals surface area contributed by atoms with Crippen LogP contribution in [0.4, 0.5) is 4.79 Å². The zero-order valence-electron chi connectivity index (χ0n) is 15.8. The van der Waals surface area contributed by atoms with Gasteiger partial charge in [0.2, 0.25) is 11.8 Å². The second kappa shape index (κ2) is 7.67. The molecule has 1 saturated heterocycles. The topological polar surface area (TPSA) is 122 Å². The van der Waals surface area contributed by atoms with Crippen molar-refractivity contribution in [3.63, 3.8) is 0 Å². The lowest BCUT2D eigenvalue weighted by atomic mass is 10.0. The Morgan fingerprint density at radius 1 is 1.44 bits per heavy atom. The van der Waals surface area contributed by atoms with Crippen LogP contribution in [0, 0.1) is 5.92 Å². The Labute approximate surface area is 157 Å². The minimum absolute atomic E-state index is 0.132. The van der Waals surface area contributed by atoms with Gasteiger partial charge in [0, 0.05) is 5.92 Å². The standard InChI is InChI=1S/C18H26N2O7/c1-5-11-8-18(11,15(24)26-6-2)19-13(22)9-17(3,4)27-16(25)20-10-12(21)7-14(20)23/h5,11-12,21H,1,6-10H2,2-4H3,(H,19,22). The highest BCUT2D eigenvalue weighted by Gasteiger charge is 2.61. The number of ether oxygens (including phenoxy) is 2. The highest BCUT2D eigenvalue weighted by Crippen LogP contribution is 2.45. The fraction of sp³-hybridized carbons (Fsp3) is 0.667. The molecule has 9 nitrogen and oxygen atoms in total. The van der Waals surface area contributed by atoms with E-state index in [0.717, 1.165) is 4.90 Å². The van der Waals surface area contributed by atoms with Crippen LogP contribution in [-0.4, -0.2) is 64.3 Å². The van der Waals surface area contributed by atoms with Crippen molar-refractivity contribution in [3.8, 4) is 0 Å². The van der Waals surface area contributed by atoms with Crippen LogP contribution in [0.1, 0.15) is 40.0 Å². The quantitative estimate of drug-likeness (QED) is 0.486. The van der Waals surface area contributed by atoms with Crippen molar-refractivity contribution in [1.29, 1.82) is 0 Å². The maximum absolute atomic E-state index is 12.4. The second-order valence-electron chi connectivity index (χ2n) is 7.45. The van der Waals surface area contributed by atoms with Gasteiger partial charge in [-0.1, -0.05) is 6.08 Å². The minimum atomic E-state index is -1.22. The van der Waals surface area contributed by atoms with Gasteiger partial charge in [0.25, 0.3) is 0 Å². The first kappa shape index (κ1) is 20.9. The van der Waals surface area contributed by atoms with Crippen LogP contribution < -0.4 is 5.32 Å². The van der Waals surface area contributed by atoms with E-state index in [-0.39, 0.29) is 31.9 Å². The third kappa shape index (κ3) is 4.65. The van der Waals surface area contributed by atoms with Crippen LogP contribution >= 0.6 is 0 Å². The number of likely N-dealkylation sites (tertiary alicyclic amines) is 1. The first-order valence-electron chi connectivity index (χ1n) is 8.87. The Morgan fingerprint density at radius 2 is 2.11 bits per heavy atom. The number of hydrogen-bond acceptors (Lipinski definition) is 7. The second-order valence-corrected chi connectivity index (χ2v) is 7.45. The van der Waals surface area contributed by atoms with Crippen molar-refractivity contribution in [2.45, 2.75) is 57.3 Å². The van der Waals surface area contributed by atoms with Gasteiger partial charge < -0.3 is 19.9 Å². The van der Waals surface area contributed by atoms with E-state index >= 15 is 0 Å². The summed E-state index contributed by atoms with van der Waals surface area (Å²) in [7, 11) is 0. The molecular formula is C18H26N2O7. The Balaban J connectivity index is 1.95. The molecule has 27 heavy (non-hydrogen) atoms. The highest BCUT2D eigenvalue weighted by atomic mass is 16.6. The number of imide groups is 1. The molecule has 9 heteroatoms. The average molecular weight is 382 g/mol. The van der Waals surface area contributed by atoms with Gasteiger partial charge in [0.15, 0.2) is 0 Å². The zero-order valence-corrected chi connectivity index (χ0v) is 15.8. The maximum Gasteiger partial charge on any atom is 0.417 e. The van der Waals surface area contributed by atoms with Crippen LogP contribution in [0.25, 0.3) is 0 Å². The minimum Gasteiger partial charge on any atom is -0.464 e. The molecule has 3 amide bonds. The Morgan fingerprint density at radius 3 is 2.59 bits per heavy atom. The molecule has 2 rings (SSSR count). The molecule has 1 aliphatic carbocycles. The molecule has 2 fully saturated rings. The number of rotatable bonds is 7. The molecule has 3 unspecified atom stereocenters. The van der Waals surface area contributed by atoms with Gasteiger partial charge in [-0.05, 0) is 27.2 Å². The van der Waals surface area contributed by atoms with Gasteiger partial charge in [0.1, 0.15) is 11.1 Å². The highest BCUT2D eigenvalue weighted by molar-refractivity contribution is 5.94. The van der Waals surface area contributed by atoms with Crippen LogP contribution in [-0.2, 0) is 23.9 Å². The number of β-amino-alcohol motifs (C(OH)–C–C–N with tert-alkyl or cyclic N) is 1. The van der Waals surface area contributed by atoms with E-state index in [9.17, 15) is 24.3 Å². The molecule has 0 spiro atoms. The summed E-state index contributed by atoms with van der Waals surface area (Å²) in [6.07, 6.45) is -0.180. The van der Waals surface area contributed by atoms with Crippen molar-refractivity contribution in [2.75, 3.05) is 13.2 Å². The van der Waals surface area contributed by atoms with E-state index in [1.54, 1.807) is 13.0 Å². The molecular weight excluding hydrogens is 356 g/mol. The normalized spacial score (nSPS) is 27.1. The molecule has 150 valence electrons. The molecule has 2 N–H and O–H groups in total. The number of carbonyl (C=O) groups is 4. The van der Waals surface area contributed by atoms with Gasteiger partial charge >= 0.3 is 12.1 Å². The third-order valence-electron chi connectivity index (χ3n) is 4.58. The molecule has 0 radical (unpaired) electrons. The third-order valence-corrected chi connectivity index (χ3v) is 4.58. The monoisotopic (exact) mass is 382 g/mol. The Hall–Kier alpha value is -2.42. The van der Waals surface area contributed by atoms with E-state index in [0.29, 0.717) is 6.42 Å². The first-order valence-corrected chi connectivity index (χ1v) is 8.87. The Kier molecular flexibility index (Phi) is 5.94. The molecule has 1 aliphatic heterocycles. The smallest absolute Gasteiger partial charge is 0.417 e. The van der Waals surface area contributed by atoms with Gasteiger partial charge in [-0.2, -0.15) is 0 Å². The van der Waals surface area contributed by atoms with E-state index in [4.69, 9.17) is 9.47 Å². The number of esters is 1. The summed E-state index contributed by atoms with van der Waals surface area (Å²) in [5, 5.41) is 12.1. The molecule has 1 saturated carbocycles. The lowest BCUT2D eigenvalue weighted by Crippen LogP contribution is -2.48. The predicted molar refractivity (Wildman–Crippen MR) is 93.3 cm³/mol. The van der Waals surface area contributed by atoms with Crippen LogP contribution in [0.15, 0.2) is 12.7 Å².